The molecule has 128 valence electrons. The fraction of sp³-hybridized carbons (Fsp3) is 0.385. The molecule has 3 atom stereocenters. The Morgan fingerprint density at radius 2 is 1.78 bits per heavy atom. The minimum Gasteiger partial charge on any atom is -0.451 e. The van der Waals surface area contributed by atoms with Gasteiger partial charge in [-0.05, 0) is 38.1 Å². The van der Waals surface area contributed by atoms with Gasteiger partial charge in [-0.15, -0.1) is 0 Å². The Morgan fingerprint density at radius 3 is 2.22 bits per heavy atom. The number of nitrogens with two attached hydrogens (primary N) is 1. The summed E-state index contributed by atoms with van der Waals surface area (Å²) in [7, 11) is -4.22. The van der Waals surface area contributed by atoms with E-state index in [-0.39, 0.29) is 4.90 Å². The first-order valence-electron chi connectivity index (χ1n) is 6.50. The maximum atomic E-state index is 12.8. The number of nitrogens with one attached hydrogen (secondary N) is 1. The quantitative estimate of drug-likeness (QED) is 0.556. The molecule has 1 aromatic rings. The number of carbonyl (C=O) groups is 2. The molecule has 1 amide bonds. The van der Waals surface area contributed by atoms with Gasteiger partial charge in [0.15, 0.2) is 6.10 Å². The summed E-state index contributed by atoms with van der Waals surface area (Å²) in [6, 6.07) is 2.19. The normalized spacial score (nSPS) is 15.5. The lowest BCUT2D eigenvalue weighted by Gasteiger charge is -2.21. The molecule has 8 nitrogen and oxygen atoms in total. The Labute approximate surface area is 132 Å². The predicted molar refractivity (Wildman–Crippen MR) is 76.9 cm³/mol. The largest absolute Gasteiger partial charge is 0.451 e. The predicted octanol–water partition coefficient (Wildman–Crippen LogP) is -0.730. The second kappa shape index (κ2) is 7.49. The van der Waals surface area contributed by atoms with Crippen LogP contribution in [0, 0.1) is 5.82 Å². The van der Waals surface area contributed by atoms with Crippen molar-refractivity contribution >= 4 is 21.9 Å². The monoisotopic (exact) mass is 348 g/mol. The van der Waals surface area contributed by atoms with Gasteiger partial charge in [0.2, 0.25) is 10.0 Å². The Bertz CT molecular complexity index is 674. The van der Waals surface area contributed by atoms with Crippen LogP contribution in [0.15, 0.2) is 29.2 Å². The van der Waals surface area contributed by atoms with Crippen molar-refractivity contribution < 1.29 is 32.2 Å². The third-order valence-corrected chi connectivity index (χ3v) is 4.29. The van der Waals surface area contributed by atoms with E-state index in [1.807, 2.05) is 4.72 Å². The minimum atomic E-state index is -4.22. The van der Waals surface area contributed by atoms with Crippen LogP contribution in [0.5, 0.6) is 0 Å². The van der Waals surface area contributed by atoms with Gasteiger partial charge in [-0.25, -0.2) is 12.8 Å². The average molecular weight is 348 g/mol. The van der Waals surface area contributed by atoms with Crippen LogP contribution in [0.4, 0.5) is 4.39 Å². The zero-order valence-corrected chi connectivity index (χ0v) is 13.2. The van der Waals surface area contributed by atoms with Crippen LogP contribution in [-0.4, -0.2) is 43.7 Å². The molecule has 0 aliphatic rings. The van der Waals surface area contributed by atoms with Crippen molar-refractivity contribution in [3.05, 3.63) is 30.1 Å². The molecule has 10 heteroatoms. The molecule has 0 saturated heterocycles. The molecule has 0 aliphatic heterocycles. The molecule has 1 rings (SSSR count). The van der Waals surface area contributed by atoms with Gasteiger partial charge in [0.05, 0.1) is 11.0 Å². The lowest BCUT2D eigenvalue weighted by molar-refractivity contribution is -0.157. The van der Waals surface area contributed by atoms with E-state index in [2.05, 4.69) is 4.74 Å². The van der Waals surface area contributed by atoms with Gasteiger partial charge < -0.3 is 15.6 Å². The maximum Gasteiger partial charge on any atom is 0.327 e. The SMILES string of the molecule is C[C@H](OC(=O)[C@@H](NS(=O)(=O)c1ccc(F)cc1)[C@H](C)O)C(N)=O. The van der Waals surface area contributed by atoms with Crippen molar-refractivity contribution in [3.63, 3.8) is 0 Å². The Hall–Kier alpha value is -2.04. The molecule has 0 fully saturated rings. The van der Waals surface area contributed by atoms with Crippen LogP contribution >= 0.6 is 0 Å². The summed E-state index contributed by atoms with van der Waals surface area (Å²) in [4.78, 5) is 22.5. The zero-order valence-electron chi connectivity index (χ0n) is 12.4. The summed E-state index contributed by atoms with van der Waals surface area (Å²) in [5.41, 5.74) is 4.94. The highest BCUT2D eigenvalue weighted by molar-refractivity contribution is 7.89. The van der Waals surface area contributed by atoms with Crippen molar-refractivity contribution in [3.8, 4) is 0 Å². The fourth-order valence-electron chi connectivity index (χ4n) is 1.50. The molecule has 0 aliphatic carbocycles. The van der Waals surface area contributed by atoms with Crippen LogP contribution < -0.4 is 10.5 Å². The maximum absolute atomic E-state index is 12.8. The van der Waals surface area contributed by atoms with E-state index in [0.29, 0.717) is 0 Å². The fourth-order valence-corrected chi connectivity index (χ4v) is 2.76. The second-order valence-electron chi connectivity index (χ2n) is 4.77. The summed E-state index contributed by atoms with van der Waals surface area (Å²) in [6.45, 7) is 2.36. The second-order valence-corrected chi connectivity index (χ2v) is 6.49. The van der Waals surface area contributed by atoms with E-state index >= 15 is 0 Å². The molecule has 0 heterocycles. The van der Waals surface area contributed by atoms with E-state index in [4.69, 9.17) is 5.73 Å². The molecule has 0 saturated carbocycles. The van der Waals surface area contributed by atoms with Crippen LogP contribution in [0.25, 0.3) is 0 Å². The smallest absolute Gasteiger partial charge is 0.327 e. The highest BCUT2D eigenvalue weighted by atomic mass is 32.2. The van der Waals surface area contributed by atoms with Crippen LogP contribution in [-0.2, 0) is 24.3 Å². The minimum absolute atomic E-state index is 0.305. The van der Waals surface area contributed by atoms with Crippen molar-refractivity contribution in [2.24, 2.45) is 5.73 Å². The Morgan fingerprint density at radius 1 is 1.26 bits per heavy atom. The number of ether oxygens (including phenoxy) is 1. The number of sulfonamides is 1. The van der Waals surface area contributed by atoms with E-state index in [1.54, 1.807) is 0 Å². The molecule has 0 unspecified atom stereocenters. The number of aliphatic hydroxyl groups is 1. The number of hydrogen-bond acceptors (Lipinski definition) is 6. The van der Waals surface area contributed by atoms with Crippen molar-refractivity contribution in [1.82, 2.24) is 4.72 Å². The summed E-state index contributed by atoms with van der Waals surface area (Å²) in [5.74, 6) is -2.73. The molecule has 1 aromatic carbocycles. The van der Waals surface area contributed by atoms with Gasteiger partial charge in [0, 0.05) is 0 Å². The molecular weight excluding hydrogens is 331 g/mol. The van der Waals surface area contributed by atoms with E-state index in [0.717, 1.165) is 31.2 Å². The highest BCUT2D eigenvalue weighted by Crippen LogP contribution is 2.12. The average Bonchev–Trinajstić information content (AvgIpc) is 2.44. The molecule has 4 N–H and O–H groups in total. The van der Waals surface area contributed by atoms with Crippen molar-refractivity contribution in [2.75, 3.05) is 0 Å². The summed E-state index contributed by atoms with van der Waals surface area (Å²) in [5, 5.41) is 9.58. The topological polar surface area (TPSA) is 136 Å². The lowest BCUT2D eigenvalue weighted by Crippen LogP contribution is -2.49. The molecule has 0 bridgehead atoms. The highest BCUT2D eigenvalue weighted by Gasteiger charge is 2.32. The van der Waals surface area contributed by atoms with Crippen LogP contribution in [0.2, 0.25) is 0 Å². The van der Waals surface area contributed by atoms with Gasteiger partial charge in [-0.2, -0.15) is 4.72 Å². The number of primary amides is 1. The van der Waals surface area contributed by atoms with Gasteiger partial charge >= 0.3 is 5.97 Å². The molecule has 0 aromatic heterocycles. The van der Waals surface area contributed by atoms with Gasteiger partial charge in [-0.3, -0.25) is 9.59 Å². The van der Waals surface area contributed by atoms with Gasteiger partial charge in [0.1, 0.15) is 11.9 Å². The summed E-state index contributed by atoms with van der Waals surface area (Å²) >= 11 is 0. The zero-order chi connectivity index (χ0) is 17.8. The number of rotatable bonds is 7. The standard InChI is InChI=1S/C13H17FN2O6S/c1-7(17)11(13(19)22-8(2)12(15)18)16-23(20,21)10-5-3-9(14)4-6-10/h3-8,11,16-17H,1-2H3,(H2,15,18)/t7-,8-,11-/m0/s1. The third kappa shape index (κ3) is 5.27. The number of amides is 1. The number of benzene rings is 1. The van der Waals surface area contributed by atoms with E-state index in [1.165, 1.54) is 6.92 Å². The molecule has 0 radical (unpaired) electrons. The number of esters is 1. The first kappa shape index (κ1) is 19.0. The third-order valence-electron chi connectivity index (χ3n) is 2.84. The number of halogens is 1. The molecule has 0 spiro atoms. The molecular formula is C13H17FN2O6S. The Kier molecular flexibility index (Phi) is 6.19. The first-order valence-corrected chi connectivity index (χ1v) is 7.98. The van der Waals surface area contributed by atoms with Gasteiger partial charge in [0.25, 0.3) is 5.91 Å². The van der Waals surface area contributed by atoms with E-state index < -0.39 is 46.0 Å². The number of hydrogen-bond donors (Lipinski definition) is 3. The van der Waals surface area contributed by atoms with E-state index in [9.17, 15) is 27.5 Å². The molecule has 23 heavy (non-hydrogen) atoms. The van der Waals surface area contributed by atoms with Gasteiger partial charge in [-0.1, -0.05) is 0 Å². The first-order chi connectivity index (χ1) is 10.5. The lowest BCUT2D eigenvalue weighted by atomic mass is 10.2. The summed E-state index contributed by atoms with van der Waals surface area (Å²) < 4.78 is 43.7. The number of aliphatic hydroxyl groups excluding tert-OH is 1. The van der Waals surface area contributed by atoms with Crippen LogP contribution in [0.1, 0.15) is 13.8 Å². The summed E-state index contributed by atoms with van der Waals surface area (Å²) in [6.07, 6.45) is -2.74. The Balaban J connectivity index is 2.97. The van der Waals surface area contributed by atoms with Crippen molar-refractivity contribution in [1.29, 1.82) is 0 Å². The van der Waals surface area contributed by atoms with Crippen molar-refractivity contribution in [2.45, 2.75) is 37.0 Å². The van der Waals surface area contributed by atoms with Crippen LogP contribution in [0.3, 0.4) is 0 Å². The number of carbonyl (C=O) groups excluding carboxylic acids is 2.